The van der Waals surface area contributed by atoms with Gasteiger partial charge in [0, 0.05) is 11.8 Å². The summed E-state index contributed by atoms with van der Waals surface area (Å²) in [6.07, 6.45) is -5.00. The fourth-order valence-electron chi connectivity index (χ4n) is 2.27. The fraction of sp³-hybridized carbons (Fsp3) is 0.278. The maximum absolute atomic E-state index is 13.0. The number of halogens is 4. The summed E-state index contributed by atoms with van der Waals surface area (Å²) >= 11 is 6.00. The Kier molecular flexibility index (Phi) is 6.39. The van der Waals surface area contributed by atoms with E-state index in [1.54, 1.807) is 19.1 Å². The zero-order chi connectivity index (χ0) is 22.0. The molecule has 0 spiro atoms. The number of nitrogens with one attached hydrogen (secondary N) is 1. The molecule has 2 aromatic rings. The zero-order valence-corrected chi connectivity index (χ0v) is 16.0. The van der Waals surface area contributed by atoms with Crippen LogP contribution in [0.5, 0.6) is 5.75 Å². The Morgan fingerprint density at radius 3 is 2.48 bits per heavy atom. The van der Waals surface area contributed by atoms with E-state index in [0.717, 1.165) is 18.6 Å². The summed E-state index contributed by atoms with van der Waals surface area (Å²) in [6, 6.07) is 6.82. The Hall–Kier alpha value is -2.85. The molecule has 0 aliphatic carbocycles. The van der Waals surface area contributed by atoms with Crippen molar-refractivity contribution in [1.82, 2.24) is 0 Å². The van der Waals surface area contributed by atoms with Crippen LogP contribution in [0.25, 0.3) is 0 Å². The van der Waals surface area contributed by atoms with Crippen molar-refractivity contribution in [3.63, 3.8) is 0 Å². The Bertz CT molecular complexity index is 948. The zero-order valence-electron chi connectivity index (χ0n) is 15.2. The van der Waals surface area contributed by atoms with Crippen molar-refractivity contribution in [3.8, 4) is 5.75 Å². The SMILES string of the molecule is Cc1ccc(OC[C@](C)(O)C(=O)Nc2ccc([N+](=O)[O-])c(C(F)(F)F)c2)c(Cl)c1. The third-order valence-corrected chi connectivity index (χ3v) is 4.14. The molecule has 1 amide bonds. The van der Waals surface area contributed by atoms with Gasteiger partial charge in [-0.05, 0) is 43.7 Å². The van der Waals surface area contributed by atoms with Crippen molar-refractivity contribution < 1.29 is 32.7 Å². The molecule has 0 heterocycles. The predicted octanol–water partition coefficient (Wildman–Crippen LogP) is 4.34. The summed E-state index contributed by atoms with van der Waals surface area (Å²) in [4.78, 5) is 21.9. The molecule has 7 nitrogen and oxygen atoms in total. The number of nitro benzene ring substituents is 1. The minimum atomic E-state index is -5.00. The average molecular weight is 433 g/mol. The largest absolute Gasteiger partial charge is 0.488 e. The van der Waals surface area contributed by atoms with Gasteiger partial charge in [0.15, 0.2) is 5.60 Å². The van der Waals surface area contributed by atoms with Crippen LogP contribution >= 0.6 is 11.6 Å². The van der Waals surface area contributed by atoms with Gasteiger partial charge in [0.25, 0.3) is 11.6 Å². The van der Waals surface area contributed by atoms with Gasteiger partial charge in [-0.15, -0.1) is 0 Å². The van der Waals surface area contributed by atoms with E-state index in [2.05, 4.69) is 5.32 Å². The summed E-state index contributed by atoms with van der Waals surface area (Å²) in [5, 5.41) is 23.4. The number of hydrogen-bond donors (Lipinski definition) is 2. The minimum absolute atomic E-state index is 0.208. The lowest BCUT2D eigenvalue weighted by Gasteiger charge is -2.23. The van der Waals surface area contributed by atoms with E-state index in [4.69, 9.17) is 16.3 Å². The number of aryl methyl sites for hydroxylation is 1. The van der Waals surface area contributed by atoms with Crippen LogP contribution in [-0.2, 0) is 11.0 Å². The van der Waals surface area contributed by atoms with E-state index in [0.29, 0.717) is 12.1 Å². The molecule has 1 atom stereocenters. The van der Waals surface area contributed by atoms with Crippen molar-refractivity contribution in [2.24, 2.45) is 0 Å². The lowest BCUT2D eigenvalue weighted by atomic mass is 10.1. The lowest BCUT2D eigenvalue weighted by molar-refractivity contribution is -0.388. The third-order valence-electron chi connectivity index (χ3n) is 3.84. The van der Waals surface area contributed by atoms with Gasteiger partial charge in [0.2, 0.25) is 0 Å². The molecular weight excluding hydrogens is 417 g/mol. The number of benzene rings is 2. The molecule has 0 saturated heterocycles. The quantitative estimate of drug-likeness (QED) is 0.522. The number of hydrogen-bond acceptors (Lipinski definition) is 5. The Morgan fingerprint density at radius 1 is 1.28 bits per heavy atom. The molecule has 0 fully saturated rings. The second kappa shape index (κ2) is 8.26. The molecule has 2 aromatic carbocycles. The fourth-order valence-corrected chi connectivity index (χ4v) is 2.56. The number of amides is 1. The van der Waals surface area contributed by atoms with Gasteiger partial charge in [0.1, 0.15) is 17.9 Å². The van der Waals surface area contributed by atoms with E-state index in [1.165, 1.54) is 6.07 Å². The summed E-state index contributed by atoms with van der Waals surface area (Å²) in [7, 11) is 0. The van der Waals surface area contributed by atoms with Crippen LogP contribution in [0, 0.1) is 17.0 Å². The second-order valence-electron chi connectivity index (χ2n) is 6.44. The van der Waals surface area contributed by atoms with Crippen molar-refractivity contribution in [1.29, 1.82) is 0 Å². The van der Waals surface area contributed by atoms with E-state index >= 15 is 0 Å². The Morgan fingerprint density at radius 2 is 1.93 bits per heavy atom. The molecule has 0 bridgehead atoms. The molecule has 0 saturated carbocycles. The van der Waals surface area contributed by atoms with Gasteiger partial charge in [-0.2, -0.15) is 13.2 Å². The molecule has 156 valence electrons. The number of carbonyl (C=O) groups is 1. The third kappa shape index (κ3) is 5.58. The Labute approximate surface area is 168 Å². The number of nitrogens with zero attached hydrogens (tertiary/aromatic N) is 1. The van der Waals surface area contributed by atoms with E-state index < -0.39 is 40.5 Å². The smallest absolute Gasteiger partial charge is 0.423 e. The molecule has 0 radical (unpaired) electrons. The molecule has 2 rings (SSSR count). The van der Waals surface area contributed by atoms with Gasteiger partial charge >= 0.3 is 6.18 Å². The molecule has 2 N–H and O–H groups in total. The predicted molar refractivity (Wildman–Crippen MR) is 99.0 cm³/mol. The second-order valence-corrected chi connectivity index (χ2v) is 6.84. The van der Waals surface area contributed by atoms with Crippen LogP contribution in [0.15, 0.2) is 36.4 Å². The number of rotatable bonds is 6. The van der Waals surface area contributed by atoms with Gasteiger partial charge in [0.05, 0.1) is 9.95 Å². The number of anilines is 1. The van der Waals surface area contributed by atoms with E-state index in [-0.39, 0.29) is 16.5 Å². The highest BCUT2D eigenvalue weighted by molar-refractivity contribution is 6.32. The van der Waals surface area contributed by atoms with Crippen molar-refractivity contribution in [3.05, 3.63) is 62.7 Å². The molecule has 0 aliphatic rings. The molecular formula is C18H16ClF3N2O5. The monoisotopic (exact) mass is 432 g/mol. The number of nitro groups is 1. The topological polar surface area (TPSA) is 102 Å². The summed E-state index contributed by atoms with van der Waals surface area (Å²) in [6.45, 7) is 2.36. The average Bonchev–Trinajstić information content (AvgIpc) is 2.60. The van der Waals surface area contributed by atoms with Gasteiger partial charge in [-0.1, -0.05) is 17.7 Å². The number of carbonyl (C=O) groups excluding carboxylic acids is 1. The summed E-state index contributed by atoms with van der Waals surface area (Å²) < 4.78 is 44.4. The van der Waals surface area contributed by atoms with Gasteiger partial charge in [-0.25, -0.2) is 0 Å². The first-order chi connectivity index (χ1) is 13.3. The highest BCUT2D eigenvalue weighted by Gasteiger charge is 2.39. The number of aliphatic hydroxyl groups is 1. The van der Waals surface area contributed by atoms with Crippen LogP contribution in [0.4, 0.5) is 24.5 Å². The molecule has 11 heteroatoms. The highest BCUT2D eigenvalue weighted by Crippen LogP contribution is 2.37. The van der Waals surface area contributed by atoms with Gasteiger partial charge in [-0.3, -0.25) is 14.9 Å². The van der Waals surface area contributed by atoms with Crippen LogP contribution in [0.1, 0.15) is 18.1 Å². The summed E-state index contributed by atoms with van der Waals surface area (Å²) in [5.74, 6) is -0.859. The van der Waals surface area contributed by atoms with Crippen LogP contribution in [0.2, 0.25) is 5.02 Å². The lowest BCUT2D eigenvalue weighted by Crippen LogP contribution is -2.45. The van der Waals surface area contributed by atoms with E-state index in [9.17, 15) is 33.2 Å². The van der Waals surface area contributed by atoms with Crippen LogP contribution in [0.3, 0.4) is 0 Å². The van der Waals surface area contributed by atoms with Crippen LogP contribution < -0.4 is 10.1 Å². The van der Waals surface area contributed by atoms with Gasteiger partial charge < -0.3 is 15.2 Å². The maximum atomic E-state index is 13.0. The molecule has 0 aliphatic heterocycles. The molecule has 0 aromatic heterocycles. The first-order valence-electron chi connectivity index (χ1n) is 8.09. The van der Waals surface area contributed by atoms with Crippen molar-refractivity contribution in [2.45, 2.75) is 25.6 Å². The standard InChI is InChI=1S/C18H16ClF3N2O5/c1-10-3-6-15(13(19)7-10)29-9-17(2,26)16(25)23-11-4-5-14(24(27)28)12(8-11)18(20,21)22/h3-8,26H,9H2,1-2H3,(H,23,25)/t17-/m0/s1. The highest BCUT2D eigenvalue weighted by atomic mass is 35.5. The van der Waals surface area contributed by atoms with Crippen molar-refractivity contribution in [2.75, 3.05) is 11.9 Å². The normalized spacial score (nSPS) is 13.5. The first kappa shape index (κ1) is 22.4. The van der Waals surface area contributed by atoms with Crippen molar-refractivity contribution >= 4 is 28.9 Å². The Balaban J connectivity index is 2.16. The minimum Gasteiger partial charge on any atom is -0.488 e. The molecule has 29 heavy (non-hydrogen) atoms. The van der Waals surface area contributed by atoms with Crippen LogP contribution in [-0.4, -0.2) is 28.1 Å². The first-order valence-corrected chi connectivity index (χ1v) is 8.47. The summed E-state index contributed by atoms with van der Waals surface area (Å²) in [5.41, 5.74) is -4.32. The molecule has 0 unspecified atom stereocenters. The maximum Gasteiger partial charge on any atom is 0.423 e. The number of alkyl halides is 3. The number of ether oxygens (including phenoxy) is 1. The van der Waals surface area contributed by atoms with E-state index in [1.807, 2.05) is 0 Å².